The van der Waals surface area contributed by atoms with Crippen LogP contribution in [0, 0.1) is 0 Å². The van der Waals surface area contributed by atoms with Gasteiger partial charge < -0.3 is 15.4 Å². The van der Waals surface area contributed by atoms with Gasteiger partial charge in [0.05, 0.1) is 30.7 Å². The van der Waals surface area contributed by atoms with Gasteiger partial charge in [0.2, 0.25) is 0 Å². The summed E-state index contributed by atoms with van der Waals surface area (Å²) in [6.07, 6.45) is 5.45. The number of nitrogens with one attached hydrogen (secondary N) is 2. The van der Waals surface area contributed by atoms with Crippen molar-refractivity contribution in [1.29, 1.82) is 0 Å². The van der Waals surface area contributed by atoms with Crippen LogP contribution < -0.4 is 15.4 Å². The molecule has 30 heavy (non-hydrogen) atoms. The van der Waals surface area contributed by atoms with E-state index in [4.69, 9.17) is 4.74 Å². The fraction of sp³-hybridized carbons (Fsp3) is 0.130. The molecule has 2 heterocycles. The summed E-state index contributed by atoms with van der Waals surface area (Å²) in [6, 6.07) is 17.5. The number of anilines is 2. The Labute approximate surface area is 174 Å². The number of hydrogen-bond acceptors (Lipinski definition) is 6. The molecule has 0 bridgehead atoms. The van der Waals surface area contributed by atoms with Gasteiger partial charge in [-0.3, -0.25) is 9.78 Å². The third-order valence-corrected chi connectivity index (χ3v) is 4.61. The largest absolute Gasteiger partial charge is 0.497 e. The lowest BCUT2D eigenvalue weighted by Gasteiger charge is -2.09. The third-order valence-electron chi connectivity index (χ3n) is 4.61. The van der Waals surface area contributed by atoms with Crippen molar-refractivity contribution in [3.05, 3.63) is 84.4 Å². The lowest BCUT2D eigenvalue weighted by atomic mass is 10.1. The summed E-state index contributed by atoms with van der Waals surface area (Å²) >= 11 is 0. The lowest BCUT2D eigenvalue weighted by Crippen LogP contribution is -2.26. The Kier molecular flexibility index (Phi) is 5.80. The molecular weight excluding hydrogens is 378 g/mol. The molecule has 0 radical (unpaired) electrons. The maximum atomic E-state index is 12.3. The number of methoxy groups -OCH3 is 1. The Morgan fingerprint density at radius 3 is 2.70 bits per heavy atom. The first-order valence-corrected chi connectivity index (χ1v) is 9.57. The molecule has 4 rings (SSSR count). The summed E-state index contributed by atoms with van der Waals surface area (Å²) in [5, 5.41) is 7.10. The maximum Gasteiger partial charge on any atom is 0.271 e. The second kappa shape index (κ2) is 9.00. The SMILES string of the molecule is COc1cccc(CCNC(=O)c2cnc(Nc3cccc4cccnc34)cn2)c1. The first-order chi connectivity index (χ1) is 14.7. The number of fused-ring (bicyclic) bond motifs is 1. The summed E-state index contributed by atoms with van der Waals surface area (Å²) < 4.78 is 5.21. The maximum absolute atomic E-state index is 12.3. The van der Waals surface area contributed by atoms with Crippen LogP contribution in [0.4, 0.5) is 11.5 Å². The zero-order chi connectivity index (χ0) is 20.8. The minimum absolute atomic E-state index is 0.260. The quantitative estimate of drug-likeness (QED) is 0.492. The molecule has 1 amide bonds. The minimum atomic E-state index is -0.260. The number of amides is 1. The Bertz CT molecular complexity index is 1160. The number of benzene rings is 2. The number of ether oxygens (including phenoxy) is 1. The van der Waals surface area contributed by atoms with Gasteiger partial charge in [-0.2, -0.15) is 0 Å². The summed E-state index contributed by atoms with van der Waals surface area (Å²) in [4.78, 5) is 25.3. The average molecular weight is 399 g/mol. The highest BCUT2D eigenvalue weighted by Gasteiger charge is 2.09. The molecular formula is C23H21N5O2. The molecule has 150 valence electrons. The molecule has 0 saturated heterocycles. The second-order valence-corrected chi connectivity index (χ2v) is 6.65. The number of carbonyl (C=O) groups is 1. The summed E-state index contributed by atoms with van der Waals surface area (Å²) in [5.74, 6) is 1.08. The molecule has 2 aromatic carbocycles. The highest BCUT2D eigenvalue weighted by molar-refractivity contribution is 5.93. The standard InChI is InChI=1S/C23H21N5O2/c1-30-18-8-2-5-16(13-18)10-12-25-23(29)20-14-27-21(15-26-20)28-19-9-3-6-17-7-4-11-24-22(17)19/h2-9,11,13-15H,10,12H2,1H3,(H,25,29)(H,27,28). The van der Waals surface area contributed by atoms with Gasteiger partial charge in [-0.1, -0.05) is 30.3 Å². The first kappa shape index (κ1) is 19.3. The zero-order valence-electron chi connectivity index (χ0n) is 16.5. The monoisotopic (exact) mass is 399 g/mol. The van der Waals surface area contributed by atoms with Gasteiger partial charge in [0, 0.05) is 18.1 Å². The van der Waals surface area contributed by atoms with Crippen molar-refractivity contribution in [1.82, 2.24) is 20.3 Å². The first-order valence-electron chi connectivity index (χ1n) is 9.57. The van der Waals surface area contributed by atoms with Crippen LogP contribution in [-0.4, -0.2) is 34.5 Å². The number of rotatable bonds is 7. The molecule has 0 aliphatic carbocycles. The molecule has 0 spiro atoms. The number of hydrogen-bond donors (Lipinski definition) is 2. The smallest absolute Gasteiger partial charge is 0.271 e. The van der Waals surface area contributed by atoms with Crippen molar-refractivity contribution in [2.45, 2.75) is 6.42 Å². The number of nitrogens with zero attached hydrogens (tertiary/aromatic N) is 3. The van der Waals surface area contributed by atoms with Gasteiger partial charge in [0.15, 0.2) is 0 Å². The van der Waals surface area contributed by atoms with E-state index in [0.717, 1.165) is 27.9 Å². The van der Waals surface area contributed by atoms with Crippen LogP contribution in [0.5, 0.6) is 5.75 Å². The van der Waals surface area contributed by atoms with Gasteiger partial charge in [0.1, 0.15) is 17.3 Å². The average Bonchev–Trinajstić information content (AvgIpc) is 2.80. The van der Waals surface area contributed by atoms with Gasteiger partial charge in [-0.25, -0.2) is 9.97 Å². The van der Waals surface area contributed by atoms with Crippen molar-refractivity contribution in [3.63, 3.8) is 0 Å². The van der Waals surface area contributed by atoms with E-state index in [1.54, 1.807) is 19.5 Å². The molecule has 0 atom stereocenters. The van der Waals surface area contributed by atoms with E-state index >= 15 is 0 Å². The third kappa shape index (κ3) is 4.52. The van der Waals surface area contributed by atoms with Gasteiger partial charge in [-0.15, -0.1) is 0 Å². The molecule has 0 fully saturated rings. The fourth-order valence-electron chi connectivity index (χ4n) is 3.09. The van der Waals surface area contributed by atoms with Crippen LogP contribution in [0.25, 0.3) is 10.9 Å². The Balaban J connectivity index is 1.36. The highest BCUT2D eigenvalue weighted by Crippen LogP contribution is 2.23. The molecule has 0 saturated carbocycles. The van der Waals surface area contributed by atoms with Crippen molar-refractivity contribution in [2.75, 3.05) is 19.0 Å². The van der Waals surface area contributed by atoms with Gasteiger partial charge in [0.25, 0.3) is 5.91 Å². The topological polar surface area (TPSA) is 89.0 Å². The van der Waals surface area contributed by atoms with Gasteiger partial charge >= 0.3 is 0 Å². The molecule has 0 aliphatic heterocycles. The van der Waals surface area contributed by atoms with E-state index in [1.807, 2.05) is 54.6 Å². The number of para-hydroxylation sites is 1. The predicted molar refractivity (Wildman–Crippen MR) is 116 cm³/mol. The van der Waals surface area contributed by atoms with Crippen LogP contribution in [0.2, 0.25) is 0 Å². The Hall–Kier alpha value is -4.00. The van der Waals surface area contributed by atoms with Gasteiger partial charge in [-0.05, 0) is 36.2 Å². The van der Waals surface area contributed by atoms with E-state index in [1.165, 1.54) is 6.20 Å². The van der Waals surface area contributed by atoms with Crippen molar-refractivity contribution in [3.8, 4) is 5.75 Å². The fourth-order valence-corrected chi connectivity index (χ4v) is 3.09. The van der Waals surface area contributed by atoms with E-state index < -0.39 is 0 Å². The van der Waals surface area contributed by atoms with Crippen molar-refractivity contribution in [2.24, 2.45) is 0 Å². The summed E-state index contributed by atoms with van der Waals surface area (Å²) in [6.45, 7) is 0.495. The molecule has 0 unspecified atom stereocenters. The Morgan fingerprint density at radius 1 is 1.00 bits per heavy atom. The van der Waals surface area contributed by atoms with Crippen LogP contribution in [0.3, 0.4) is 0 Å². The summed E-state index contributed by atoms with van der Waals surface area (Å²) in [7, 11) is 1.63. The van der Waals surface area contributed by atoms with Crippen LogP contribution in [0.15, 0.2) is 73.2 Å². The normalized spacial score (nSPS) is 10.6. The predicted octanol–water partition coefficient (Wildman–Crippen LogP) is 3.75. The summed E-state index contributed by atoms with van der Waals surface area (Å²) in [5.41, 5.74) is 3.03. The lowest BCUT2D eigenvalue weighted by molar-refractivity contribution is 0.0949. The minimum Gasteiger partial charge on any atom is -0.497 e. The highest BCUT2D eigenvalue weighted by atomic mass is 16.5. The van der Waals surface area contributed by atoms with Crippen molar-refractivity contribution < 1.29 is 9.53 Å². The van der Waals surface area contributed by atoms with E-state index in [-0.39, 0.29) is 11.6 Å². The zero-order valence-corrected chi connectivity index (χ0v) is 16.5. The molecule has 4 aromatic rings. The number of aromatic nitrogens is 3. The molecule has 7 heteroatoms. The van der Waals surface area contributed by atoms with Crippen LogP contribution >= 0.6 is 0 Å². The van der Waals surface area contributed by atoms with E-state index in [2.05, 4.69) is 25.6 Å². The van der Waals surface area contributed by atoms with E-state index in [9.17, 15) is 4.79 Å². The van der Waals surface area contributed by atoms with Crippen molar-refractivity contribution >= 4 is 28.3 Å². The molecule has 2 N–H and O–H groups in total. The Morgan fingerprint density at radius 2 is 1.87 bits per heavy atom. The van der Waals surface area contributed by atoms with E-state index in [0.29, 0.717) is 18.8 Å². The molecule has 7 nitrogen and oxygen atoms in total. The molecule has 0 aliphatic rings. The second-order valence-electron chi connectivity index (χ2n) is 6.65. The van der Waals surface area contributed by atoms with Crippen LogP contribution in [-0.2, 0) is 6.42 Å². The van der Waals surface area contributed by atoms with Crippen LogP contribution in [0.1, 0.15) is 16.1 Å². The number of carbonyl (C=O) groups excluding carboxylic acids is 1. The molecule has 2 aromatic heterocycles. The number of pyridine rings is 1.